The molecule has 2 amide bonds. The van der Waals surface area contributed by atoms with Gasteiger partial charge in [0.05, 0.1) is 22.5 Å². The molecule has 0 saturated heterocycles. The first kappa shape index (κ1) is 21.7. The lowest BCUT2D eigenvalue weighted by Gasteiger charge is -2.16. The van der Waals surface area contributed by atoms with E-state index in [9.17, 15) is 14.7 Å². The van der Waals surface area contributed by atoms with Gasteiger partial charge in [-0.3, -0.25) is 14.1 Å². The first-order chi connectivity index (χ1) is 15.3. The third kappa shape index (κ3) is 4.00. The molecule has 0 saturated carbocycles. The molecule has 4 rings (SSSR count). The molecule has 0 radical (unpaired) electrons. The maximum atomic E-state index is 12.1. The number of aromatic nitrogens is 2. The van der Waals surface area contributed by atoms with Crippen LogP contribution in [0.2, 0.25) is 5.02 Å². The number of benzene rings is 1. The zero-order chi connectivity index (χ0) is 23.0. The van der Waals surface area contributed by atoms with Gasteiger partial charge in [0.1, 0.15) is 22.4 Å². The fourth-order valence-corrected chi connectivity index (χ4v) is 4.53. The van der Waals surface area contributed by atoms with Gasteiger partial charge < -0.3 is 15.6 Å². The highest BCUT2D eigenvalue weighted by atomic mass is 35.5. The molecule has 3 aromatic heterocycles. The standard InChI is InChI=1S/C22H19ClN4O4S/c1-12(14-5-3-4-6-15(14)23)31-17-10-18(32-20(17)21(24)28)16-11-25-19-9-13(7-8-27(16)19)26(2)22(29)30/h3-12H,1-2H3,(H2,24,28)(H,29,30). The molecular weight excluding hydrogens is 452 g/mol. The summed E-state index contributed by atoms with van der Waals surface area (Å²) in [6.07, 6.45) is 1.90. The van der Waals surface area contributed by atoms with Crippen molar-refractivity contribution in [2.75, 3.05) is 11.9 Å². The first-order valence-corrected chi connectivity index (χ1v) is 10.7. The number of amides is 2. The van der Waals surface area contributed by atoms with Crippen molar-refractivity contribution >= 4 is 46.3 Å². The van der Waals surface area contributed by atoms with Crippen LogP contribution in [0.4, 0.5) is 10.5 Å². The predicted molar refractivity (Wildman–Crippen MR) is 124 cm³/mol. The topological polar surface area (TPSA) is 110 Å². The Kier molecular flexibility index (Phi) is 5.77. The average molecular weight is 471 g/mol. The fraction of sp³-hybridized carbons (Fsp3) is 0.136. The number of pyridine rings is 1. The van der Waals surface area contributed by atoms with E-state index in [2.05, 4.69) is 4.98 Å². The van der Waals surface area contributed by atoms with E-state index >= 15 is 0 Å². The number of ether oxygens (including phenoxy) is 1. The van der Waals surface area contributed by atoms with Crippen molar-refractivity contribution in [3.63, 3.8) is 0 Å². The van der Waals surface area contributed by atoms with Gasteiger partial charge in [0, 0.05) is 36.0 Å². The van der Waals surface area contributed by atoms with Crippen LogP contribution in [0.25, 0.3) is 16.2 Å². The maximum Gasteiger partial charge on any atom is 0.411 e. The number of nitrogens with zero attached hydrogens (tertiary/aromatic N) is 3. The number of thiophene rings is 1. The van der Waals surface area contributed by atoms with Crippen LogP contribution in [-0.2, 0) is 0 Å². The molecule has 3 N–H and O–H groups in total. The Hall–Kier alpha value is -3.56. The number of primary amides is 1. The van der Waals surface area contributed by atoms with Gasteiger partial charge in [0.15, 0.2) is 0 Å². The molecule has 1 atom stereocenters. The van der Waals surface area contributed by atoms with Crippen LogP contribution in [0.3, 0.4) is 0 Å². The average Bonchev–Trinajstić information content (AvgIpc) is 3.36. The minimum Gasteiger partial charge on any atom is -0.484 e. The highest BCUT2D eigenvalue weighted by Crippen LogP contribution is 2.39. The van der Waals surface area contributed by atoms with Gasteiger partial charge in [0.25, 0.3) is 5.91 Å². The van der Waals surface area contributed by atoms with Crippen LogP contribution >= 0.6 is 22.9 Å². The van der Waals surface area contributed by atoms with Gasteiger partial charge in [-0.05, 0) is 19.1 Å². The van der Waals surface area contributed by atoms with Gasteiger partial charge in [-0.2, -0.15) is 0 Å². The lowest BCUT2D eigenvalue weighted by Crippen LogP contribution is -2.23. The summed E-state index contributed by atoms with van der Waals surface area (Å²) in [7, 11) is 1.46. The molecule has 0 aliphatic heterocycles. The highest BCUT2D eigenvalue weighted by molar-refractivity contribution is 7.17. The Balaban J connectivity index is 1.71. The van der Waals surface area contributed by atoms with Crippen molar-refractivity contribution in [1.29, 1.82) is 0 Å². The summed E-state index contributed by atoms with van der Waals surface area (Å²) in [5.74, 6) is -0.233. The molecule has 0 aliphatic carbocycles. The maximum absolute atomic E-state index is 12.1. The number of fused-ring (bicyclic) bond motifs is 1. The van der Waals surface area contributed by atoms with Gasteiger partial charge in [-0.25, -0.2) is 9.78 Å². The van der Waals surface area contributed by atoms with E-state index in [1.165, 1.54) is 18.4 Å². The van der Waals surface area contributed by atoms with E-state index < -0.39 is 18.1 Å². The van der Waals surface area contributed by atoms with Crippen molar-refractivity contribution < 1.29 is 19.4 Å². The molecule has 0 fully saturated rings. The van der Waals surface area contributed by atoms with E-state index in [-0.39, 0.29) is 4.88 Å². The van der Waals surface area contributed by atoms with E-state index in [1.807, 2.05) is 25.1 Å². The lowest BCUT2D eigenvalue weighted by atomic mass is 10.1. The molecule has 32 heavy (non-hydrogen) atoms. The molecule has 4 aromatic rings. The summed E-state index contributed by atoms with van der Waals surface area (Å²) >= 11 is 7.47. The summed E-state index contributed by atoms with van der Waals surface area (Å²) in [6, 6.07) is 12.4. The van der Waals surface area contributed by atoms with E-state index in [1.54, 1.807) is 41.1 Å². The van der Waals surface area contributed by atoms with Crippen molar-refractivity contribution in [1.82, 2.24) is 9.38 Å². The number of nitrogens with two attached hydrogens (primary N) is 1. The van der Waals surface area contributed by atoms with Crippen molar-refractivity contribution in [3.05, 3.63) is 70.3 Å². The van der Waals surface area contributed by atoms with Crippen molar-refractivity contribution in [3.8, 4) is 16.3 Å². The molecule has 8 nitrogen and oxygen atoms in total. The Morgan fingerprint density at radius 3 is 2.72 bits per heavy atom. The quantitative estimate of drug-likeness (QED) is 0.408. The number of carboxylic acid groups (broad SMARTS) is 1. The van der Waals surface area contributed by atoms with Crippen LogP contribution in [-0.4, -0.2) is 33.5 Å². The molecular formula is C22H19ClN4O4S. The normalized spacial score (nSPS) is 12.0. The minimum absolute atomic E-state index is 0.288. The van der Waals surface area contributed by atoms with E-state index in [4.69, 9.17) is 22.1 Å². The number of anilines is 1. The first-order valence-electron chi connectivity index (χ1n) is 9.55. The van der Waals surface area contributed by atoms with Gasteiger partial charge >= 0.3 is 6.09 Å². The zero-order valence-corrected chi connectivity index (χ0v) is 18.7. The zero-order valence-electron chi connectivity index (χ0n) is 17.2. The van der Waals surface area contributed by atoms with Crippen molar-refractivity contribution in [2.45, 2.75) is 13.0 Å². The largest absolute Gasteiger partial charge is 0.484 e. The Morgan fingerprint density at radius 2 is 2.03 bits per heavy atom. The molecule has 0 spiro atoms. The number of rotatable bonds is 6. The lowest BCUT2D eigenvalue weighted by molar-refractivity contribution is 0.0998. The Morgan fingerprint density at radius 1 is 1.28 bits per heavy atom. The second-order valence-corrected chi connectivity index (χ2v) is 8.51. The molecule has 10 heteroatoms. The minimum atomic E-state index is -1.07. The van der Waals surface area contributed by atoms with Crippen LogP contribution in [0.1, 0.15) is 28.3 Å². The Bertz CT molecular complexity index is 1330. The third-order valence-corrected chi connectivity index (χ3v) is 6.49. The number of halogens is 1. The molecule has 1 unspecified atom stereocenters. The SMILES string of the molecule is CC(Oc1cc(-c2cnc3cc(N(C)C(=O)O)ccn23)sc1C(N)=O)c1ccccc1Cl. The second-order valence-electron chi connectivity index (χ2n) is 7.05. The van der Waals surface area contributed by atoms with Crippen molar-refractivity contribution in [2.24, 2.45) is 5.73 Å². The summed E-state index contributed by atoms with van der Waals surface area (Å²) in [4.78, 5) is 29.8. The van der Waals surface area contributed by atoms with Crippen LogP contribution < -0.4 is 15.4 Å². The number of hydrogen-bond donors (Lipinski definition) is 2. The second kappa shape index (κ2) is 8.52. The molecule has 0 aliphatic rings. The smallest absolute Gasteiger partial charge is 0.411 e. The number of hydrogen-bond acceptors (Lipinski definition) is 5. The van der Waals surface area contributed by atoms with Gasteiger partial charge in [-0.1, -0.05) is 29.8 Å². The third-order valence-electron chi connectivity index (χ3n) is 4.99. The van der Waals surface area contributed by atoms with Crippen LogP contribution in [0, 0.1) is 0 Å². The number of carbonyl (C=O) groups excluding carboxylic acids is 1. The molecule has 3 heterocycles. The monoisotopic (exact) mass is 470 g/mol. The Labute approximate surface area is 192 Å². The molecule has 0 bridgehead atoms. The summed E-state index contributed by atoms with van der Waals surface area (Å²) in [5, 5.41) is 9.75. The molecule has 1 aromatic carbocycles. The van der Waals surface area contributed by atoms with Gasteiger partial charge in [-0.15, -0.1) is 11.3 Å². The fourth-order valence-electron chi connectivity index (χ4n) is 3.29. The van der Waals surface area contributed by atoms with Crippen LogP contribution in [0.5, 0.6) is 5.75 Å². The molecule has 164 valence electrons. The number of carbonyl (C=O) groups is 2. The van der Waals surface area contributed by atoms with Gasteiger partial charge in [0.2, 0.25) is 0 Å². The van der Waals surface area contributed by atoms with E-state index in [0.29, 0.717) is 22.1 Å². The number of imidazole rings is 1. The summed E-state index contributed by atoms with van der Waals surface area (Å²) < 4.78 is 7.87. The summed E-state index contributed by atoms with van der Waals surface area (Å²) in [6.45, 7) is 1.85. The highest BCUT2D eigenvalue weighted by Gasteiger charge is 2.21. The summed E-state index contributed by atoms with van der Waals surface area (Å²) in [5.41, 5.74) is 8.17. The van der Waals surface area contributed by atoms with E-state index in [0.717, 1.165) is 21.0 Å². The van der Waals surface area contributed by atoms with Crippen LogP contribution in [0.15, 0.2) is 54.9 Å². The predicted octanol–water partition coefficient (Wildman–Crippen LogP) is 5.07.